The Balaban J connectivity index is 1.47. The standard InChI is InChI=1S/C33H50O6Si/c1-19(2)40(20(3)4,21(5)6)39-25-13-14-30(9)24(16-25)11-12-26-27-15-22(7)32(36,28(35)18-37-23(8)34)31(27,10)17-29-33(26,30)38-29/h11,13-14,16,19-22,26-27,29,36H,12,15,17-18H2,1-10H3/t22?,26-,27-,29?,30-,31-,32-,33-/m0/s1. The Hall–Kier alpha value is -1.70. The summed E-state index contributed by atoms with van der Waals surface area (Å²) >= 11 is 0. The molecule has 1 aliphatic heterocycles. The zero-order valence-electron chi connectivity index (χ0n) is 26.2. The summed E-state index contributed by atoms with van der Waals surface area (Å²) in [6.07, 6.45) is 11.3. The summed E-state index contributed by atoms with van der Waals surface area (Å²) in [5, 5.41) is 12.0. The number of fused-ring (bicyclic) bond motifs is 3. The molecule has 4 aliphatic carbocycles. The first-order valence-electron chi connectivity index (χ1n) is 15.4. The molecule has 5 aliphatic rings. The molecule has 40 heavy (non-hydrogen) atoms. The zero-order chi connectivity index (χ0) is 29.6. The second-order valence-corrected chi connectivity index (χ2v) is 20.1. The molecule has 1 N–H and O–H groups in total. The maximum atomic E-state index is 13.4. The molecule has 8 atom stereocenters. The van der Waals surface area contributed by atoms with E-state index in [-0.39, 0.29) is 47.3 Å². The van der Waals surface area contributed by atoms with Gasteiger partial charge >= 0.3 is 5.97 Å². The van der Waals surface area contributed by atoms with Gasteiger partial charge in [0.05, 0.1) is 6.10 Å². The van der Waals surface area contributed by atoms with Crippen LogP contribution in [0.2, 0.25) is 16.6 Å². The van der Waals surface area contributed by atoms with E-state index in [1.165, 1.54) is 12.5 Å². The number of aliphatic hydroxyl groups is 1. The smallest absolute Gasteiger partial charge is 0.303 e. The molecule has 0 amide bonds. The number of Topliss-reactive ketones (excluding diaryl/α,β-unsaturated/α-hetero) is 1. The molecule has 2 unspecified atom stereocenters. The molecule has 1 saturated heterocycles. The van der Waals surface area contributed by atoms with Crippen molar-refractivity contribution >= 4 is 20.1 Å². The highest BCUT2D eigenvalue weighted by Gasteiger charge is 2.81. The molecule has 2 saturated carbocycles. The van der Waals surface area contributed by atoms with Gasteiger partial charge in [-0.05, 0) is 78.3 Å². The second kappa shape index (κ2) is 9.40. The summed E-state index contributed by atoms with van der Waals surface area (Å²) < 4.78 is 18.9. The monoisotopic (exact) mass is 570 g/mol. The normalized spacial score (nSPS) is 41.5. The molecule has 0 radical (unpaired) electrons. The van der Waals surface area contributed by atoms with Gasteiger partial charge in [0.2, 0.25) is 5.78 Å². The minimum Gasteiger partial charge on any atom is -0.543 e. The topological polar surface area (TPSA) is 85.4 Å². The van der Waals surface area contributed by atoms with Crippen LogP contribution in [-0.4, -0.2) is 49.1 Å². The van der Waals surface area contributed by atoms with Crippen LogP contribution in [0.5, 0.6) is 0 Å². The summed E-state index contributed by atoms with van der Waals surface area (Å²) in [4.78, 5) is 24.8. The van der Waals surface area contributed by atoms with Crippen LogP contribution in [0.25, 0.3) is 0 Å². The Labute approximate surface area is 241 Å². The molecule has 7 heteroatoms. The van der Waals surface area contributed by atoms with Crippen molar-refractivity contribution in [2.24, 2.45) is 28.6 Å². The lowest BCUT2D eigenvalue weighted by molar-refractivity contribution is -0.170. The molecule has 0 bridgehead atoms. The maximum Gasteiger partial charge on any atom is 0.303 e. The van der Waals surface area contributed by atoms with Crippen LogP contribution in [-0.2, 0) is 23.5 Å². The number of esters is 1. The van der Waals surface area contributed by atoms with Crippen molar-refractivity contribution in [3.05, 3.63) is 35.6 Å². The van der Waals surface area contributed by atoms with Gasteiger partial charge in [-0.2, -0.15) is 0 Å². The molecule has 0 aromatic heterocycles. The average Bonchev–Trinajstić information content (AvgIpc) is 3.54. The van der Waals surface area contributed by atoms with E-state index in [0.29, 0.717) is 23.0 Å². The SMILES string of the molecule is CC(=O)OCC(=O)[C@@]1(O)C(C)C[C@H]2[C@@H]3CC=C4C=C(O[Si](C(C)C)(C(C)C)C(C)C)C=C[C@]4(C)[C@]34OC4C[C@@]21C. The largest absolute Gasteiger partial charge is 0.543 e. The van der Waals surface area contributed by atoms with E-state index in [1.54, 1.807) is 0 Å². The van der Waals surface area contributed by atoms with Crippen molar-refractivity contribution in [2.45, 2.75) is 122 Å². The Bertz CT molecular complexity index is 1160. The van der Waals surface area contributed by atoms with Crippen LogP contribution in [0.4, 0.5) is 0 Å². The summed E-state index contributed by atoms with van der Waals surface area (Å²) in [5.41, 5.74) is -0.0617. The molecular formula is C33H50O6Si. The van der Waals surface area contributed by atoms with Gasteiger partial charge in [-0.1, -0.05) is 67.5 Å². The molecule has 6 nitrogen and oxygen atoms in total. The van der Waals surface area contributed by atoms with E-state index in [9.17, 15) is 14.7 Å². The van der Waals surface area contributed by atoms with Crippen molar-refractivity contribution in [1.29, 1.82) is 0 Å². The van der Waals surface area contributed by atoms with Gasteiger partial charge in [0.25, 0.3) is 8.32 Å². The van der Waals surface area contributed by atoms with Crippen LogP contribution in [0.15, 0.2) is 35.6 Å². The van der Waals surface area contributed by atoms with Gasteiger partial charge < -0.3 is 19.0 Å². The van der Waals surface area contributed by atoms with E-state index in [0.717, 1.165) is 18.6 Å². The van der Waals surface area contributed by atoms with Crippen molar-refractivity contribution in [2.75, 3.05) is 6.61 Å². The van der Waals surface area contributed by atoms with Crippen LogP contribution in [0.1, 0.15) is 88.5 Å². The van der Waals surface area contributed by atoms with E-state index < -0.39 is 25.3 Å². The molecule has 1 heterocycles. The third-order valence-electron chi connectivity index (χ3n) is 12.1. The molecule has 0 aromatic rings. The molecule has 1 spiro atoms. The summed E-state index contributed by atoms with van der Waals surface area (Å²) in [5.74, 6) is 0.173. The van der Waals surface area contributed by atoms with Crippen molar-refractivity contribution in [3.8, 4) is 0 Å². The summed E-state index contributed by atoms with van der Waals surface area (Å²) in [6.45, 7) is 21.1. The van der Waals surface area contributed by atoms with Crippen LogP contribution < -0.4 is 0 Å². The van der Waals surface area contributed by atoms with Crippen LogP contribution in [0, 0.1) is 28.6 Å². The Morgan fingerprint density at radius 3 is 2.30 bits per heavy atom. The van der Waals surface area contributed by atoms with Gasteiger partial charge in [-0.25, -0.2) is 0 Å². The van der Waals surface area contributed by atoms with Gasteiger partial charge in [-0.3, -0.25) is 9.59 Å². The summed E-state index contributed by atoms with van der Waals surface area (Å²) in [6, 6.07) is 0. The first kappa shape index (κ1) is 29.8. The lowest BCUT2D eigenvalue weighted by Gasteiger charge is -2.54. The number of carbonyl (C=O) groups is 2. The molecule has 3 fully saturated rings. The molecule has 0 aromatic carbocycles. The van der Waals surface area contributed by atoms with E-state index in [1.807, 2.05) is 6.92 Å². The van der Waals surface area contributed by atoms with Crippen molar-refractivity contribution < 1.29 is 28.6 Å². The number of ether oxygens (including phenoxy) is 2. The van der Waals surface area contributed by atoms with Gasteiger partial charge in [0.15, 0.2) is 6.61 Å². The Morgan fingerprint density at radius 2 is 1.73 bits per heavy atom. The predicted octanol–water partition coefficient (Wildman–Crippen LogP) is 6.65. The van der Waals surface area contributed by atoms with Crippen molar-refractivity contribution in [1.82, 2.24) is 0 Å². The van der Waals surface area contributed by atoms with Crippen molar-refractivity contribution in [3.63, 3.8) is 0 Å². The summed E-state index contributed by atoms with van der Waals surface area (Å²) in [7, 11) is -2.08. The quantitative estimate of drug-likeness (QED) is 0.200. The van der Waals surface area contributed by atoms with Crippen LogP contribution in [0.3, 0.4) is 0 Å². The van der Waals surface area contributed by atoms with Gasteiger partial charge in [0.1, 0.15) is 17.0 Å². The molecule has 222 valence electrons. The second-order valence-electron chi connectivity index (χ2n) is 14.7. The maximum absolute atomic E-state index is 13.4. The van der Waals surface area contributed by atoms with E-state index in [4.69, 9.17) is 13.9 Å². The minimum atomic E-state index is -2.08. The number of hydrogen-bond acceptors (Lipinski definition) is 6. The molecule has 5 rings (SSSR count). The van der Waals surface area contributed by atoms with Gasteiger partial charge in [0, 0.05) is 17.8 Å². The predicted molar refractivity (Wildman–Crippen MR) is 158 cm³/mol. The Kier molecular flexibility index (Phi) is 7.00. The van der Waals surface area contributed by atoms with E-state index in [2.05, 4.69) is 79.7 Å². The minimum absolute atomic E-state index is 0.0400. The van der Waals surface area contributed by atoms with E-state index >= 15 is 0 Å². The lowest BCUT2D eigenvalue weighted by atomic mass is 9.48. The fourth-order valence-corrected chi connectivity index (χ4v) is 15.5. The van der Waals surface area contributed by atoms with Crippen LogP contribution >= 0.6 is 0 Å². The number of ketones is 1. The fraction of sp³-hybridized carbons (Fsp3) is 0.758. The third kappa shape index (κ3) is 3.65. The Morgan fingerprint density at radius 1 is 1.10 bits per heavy atom. The number of carbonyl (C=O) groups excluding carboxylic acids is 2. The highest BCUT2D eigenvalue weighted by Crippen LogP contribution is 2.76. The highest BCUT2D eigenvalue weighted by atomic mass is 28.4. The van der Waals surface area contributed by atoms with Gasteiger partial charge in [-0.15, -0.1) is 0 Å². The number of epoxide rings is 1. The number of rotatable bonds is 8. The first-order valence-corrected chi connectivity index (χ1v) is 17.5. The first-order chi connectivity index (χ1) is 18.5. The third-order valence-corrected chi connectivity index (χ3v) is 18.1. The number of hydrogen-bond donors (Lipinski definition) is 1. The number of allylic oxidation sites excluding steroid dienone is 3. The highest BCUT2D eigenvalue weighted by molar-refractivity contribution is 6.77. The molecular weight excluding hydrogens is 520 g/mol. The average molecular weight is 571 g/mol. The zero-order valence-corrected chi connectivity index (χ0v) is 27.2. The fourth-order valence-electron chi connectivity index (χ4n) is 10.2. The lowest BCUT2D eigenvalue weighted by Crippen LogP contribution is -2.62.